The van der Waals surface area contributed by atoms with Gasteiger partial charge >= 0.3 is 0 Å². The summed E-state index contributed by atoms with van der Waals surface area (Å²) in [5.41, 5.74) is 5.44. The van der Waals surface area contributed by atoms with E-state index in [1.54, 1.807) is 7.05 Å². The topological polar surface area (TPSA) is 73.8 Å². The van der Waals surface area contributed by atoms with Crippen molar-refractivity contribution in [2.45, 2.75) is 13.8 Å². The first-order chi connectivity index (χ1) is 5.99. The van der Waals surface area contributed by atoms with Crippen molar-refractivity contribution in [1.29, 1.82) is 0 Å². The zero-order valence-electron chi connectivity index (χ0n) is 8.11. The molecule has 0 aliphatic carbocycles. The molecule has 0 bridgehead atoms. The van der Waals surface area contributed by atoms with Crippen LogP contribution in [0.25, 0.3) is 0 Å². The fraction of sp³-hybridized carbons (Fsp3) is 0.625. The number of aryl methyl sites for hydroxylation is 1. The maximum Gasteiger partial charge on any atom is 0.189 e. The maximum absolute atomic E-state index is 11.8. The van der Waals surface area contributed by atoms with Crippen molar-refractivity contribution in [2.75, 3.05) is 6.54 Å². The van der Waals surface area contributed by atoms with Gasteiger partial charge in [0.25, 0.3) is 0 Å². The molecule has 0 atom stereocenters. The van der Waals surface area contributed by atoms with Gasteiger partial charge in [-0.2, -0.15) is 0 Å². The monoisotopic (exact) mass is 182 g/mol. The van der Waals surface area contributed by atoms with E-state index < -0.39 is 5.41 Å². The smallest absolute Gasteiger partial charge is 0.189 e. The van der Waals surface area contributed by atoms with Crippen LogP contribution in [-0.2, 0) is 7.05 Å². The Kier molecular flexibility index (Phi) is 2.47. The summed E-state index contributed by atoms with van der Waals surface area (Å²) in [6, 6.07) is 0. The Bertz CT molecular complexity index is 316. The lowest BCUT2D eigenvalue weighted by molar-refractivity contribution is 0.0837. The molecule has 0 unspecified atom stereocenters. The molecule has 0 aromatic carbocycles. The lowest BCUT2D eigenvalue weighted by atomic mass is 9.87. The van der Waals surface area contributed by atoms with E-state index >= 15 is 0 Å². The van der Waals surface area contributed by atoms with E-state index in [1.807, 2.05) is 13.8 Å². The van der Waals surface area contributed by atoms with Crippen LogP contribution >= 0.6 is 0 Å². The first kappa shape index (κ1) is 9.85. The molecule has 0 radical (unpaired) electrons. The number of aromatic nitrogens is 3. The number of carbonyl (C=O) groups is 1. The van der Waals surface area contributed by atoms with Crippen LogP contribution in [0.4, 0.5) is 0 Å². The zero-order chi connectivity index (χ0) is 10.1. The number of hydrogen-bond donors (Lipinski definition) is 1. The molecule has 0 amide bonds. The van der Waals surface area contributed by atoms with Crippen LogP contribution in [-0.4, -0.2) is 27.3 Å². The molecule has 0 saturated carbocycles. The highest BCUT2D eigenvalue weighted by atomic mass is 16.1. The van der Waals surface area contributed by atoms with Crippen LogP contribution in [0, 0.1) is 5.41 Å². The Morgan fingerprint density at radius 3 is 2.69 bits per heavy atom. The number of Topliss-reactive ketones (excluding diaryl/α,β-unsaturated/α-hetero) is 1. The molecule has 1 aromatic heterocycles. The molecule has 1 rings (SSSR count). The Balaban J connectivity index is 2.98. The number of carbonyl (C=O) groups excluding carboxylic acids is 1. The van der Waals surface area contributed by atoms with Crippen LogP contribution in [0.15, 0.2) is 6.20 Å². The summed E-state index contributed by atoms with van der Waals surface area (Å²) in [5, 5.41) is 7.33. The van der Waals surface area contributed by atoms with Gasteiger partial charge in [0.1, 0.15) is 5.69 Å². The molecule has 0 saturated heterocycles. The number of nitrogens with two attached hydrogens (primary N) is 1. The van der Waals surface area contributed by atoms with Gasteiger partial charge in [0, 0.05) is 19.0 Å². The molecule has 72 valence electrons. The second-order valence-electron chi connectivity index (χ2n) is 3.66. The SMILES string of the molecule is Cn1nncc1C(=O)C(C)(C)CN. The predicted octanol–water partition coefficient (Wildman–Crippen LogP) is -0.0173. The zero-order valence-corrected chi connectivity index (χ0v) is 8.11. The fourth-order valence-corrected chi connectivity index (χ4v) is 0.935. The summed E-state index contributed by atoms with van der Waals surface area (Å²) in [7, 11) is 1.69. The minimum absolute atomic E-state index is 0.0255. The van der Waals surface area contributed by atoms with Crippen molar-refractivity contribution in [1.82, 2.24) is 15.0 Å². The summed E-state index contributed by atoms with van der Waals surface area (Å²) in [6.45, 7) is 3.93. The van der Waals surface area contributed by atoms with Crippen molar-refractivity contribution in [2.24, 2.45) is 18.2 Å². The van der Waals surface area contributed by atoms with Crippen LogP contribution in [0.3, 0.4) is 0 Å². The van der Waals surface area contributed by atoms with Crippen LogP contribution < -0.4 is 5.73 Å². The van der Waals surface area contributed by atoms with Gasteiger partial charge in [-0.15, -0.1) is 5.10 Å². The van der Waals surface area contributed by atoms with E-state index in [4.69, 9.17) is 5.73 Å². The first-order valence-electron chi connectivity index (χ1n) is 4.08. The summed E-state index contributed by atoms with van der Waals surface area (Å²) >= 11 is 0. The third kappa shape index (κ3) is 1.75. The molecule has 1 aromatic rings. The number of rotatable bonds is 3. The van der Waals surface area contributed by atoms with Gasteiger partial charge in [0.15, 0.2) is 5.78 Å². The van der Waals surface area contributed by atoms with Crippen molar-refractivity contribution >= 4 is 5.78 Å². The lowest BCUT2D eigenvalue weighted by Crippen LogP contribution is -2.33. The molecule has 5 heteroatoms. The van der Waals surface area contributed by atoms with E-state index in [9.17, 15) is 4.79 Å². The minimum Gasteiger partial charge on any atom is -0.329 e. The molecule has 13 heavy (non-hydrogen) atoms. The Labute approximate surface area is 76.9 Å². The fourth-order valence-electron chi connectivity index (χ4n) is 0.935. The van der Waals surface area contributed by atoms with Gasteiger partial charge in [-0.05, 0) is 0 Å². The van der Waals surface area contributed by atoms with Crippen LogP contribution in [0.1, 0.15) is 24.3 Å². The van der Waals surface area contributed by atoms with Crippen LogP contribution in [0.2, 0.25) is 0 Å². The van der Waals surface area contributed by atoms with Crippen molar-refractivity contribution in [3.8, 4) is 0 Å². The van der Waals surface area contributed by atoms with Gasteiger partial charge in [-0.1, -0.05) is 19.1 Å². The van der Waals surface area contributed by atoms with Gasteiger partial charge in [-0.25, -0.2) is 4.68 Å². The third-order valence-electron chi connectivity index (χ3n) is 2.07. The number of ketones is 1. The largest absolute Gasteiger partial charge is 0.329 e. The highest BCUT2D eigenvalue weighted by Crippen LogP contribution is 2.18. The predicted molar refractivity (Wildman–Crippen MR) is 48.2 cm³/mol. The van der Waals surface area contributed by atoms with Crippen molar-refractivity contribution in [3.63, 3.8) is 0 Å². The maximum atomic E-state index is 11.8. The average molecular weight is 182 g/mol. The van der Waals surface area contributed by atoms with E-state index in [-0.39, 0.29) is 5.78 Å². The van der Waals surface area contributed by atoms with Gasteiger partial charge in [0.05, 0.1) is 6.20 Å². The van der Waals surface area contributed by atoms with E-state index in [0.717, 1.165) is 0 Å². The number of nitrogens with zero attached hydrogens (tertiary/aromatic N) is 3. The molecule has 0 aliphatic rings. The molecule has 1 heterocycles. The molecule has 5 nitrogen and oxygen atoms in total. The minimum atomic E-state index is -0.546. The van der Waals surface area contributed by atoms with E-state index in [2.05, 4.69) is 10.3 Å². The second-order valence-corrected chi connectivity index (χ2v) is 3.66. The molecule has 0 aliphatic heterocycles. The lowest BCUT2D eigenvalue weighted by Gasteiger charge is -2.19. The highest BCUT2D eigenvalue weighted by molar-refractivity contribution is 5.98. The highest BCUT2D eigenvalue weighted by Gasteiger charge is 2.29. The van der Waals surface area contributed by atoms with Crippen molar-refractivity contribution < 1.29 is 4.79 Å². The summed E-state index contributed by atoms with van der Waals surface area (Å²) in [4.78, 5) is 11.8. The van der Waals surface area contributed by atoms with E-state index in [0.29, 0.717) is 12.2 Å². The Morgan fingerprint density at radius 2 is 2.31 bits per heavy atom. The molecule has 0 spiro atoms. The molecule has 0 fully saturated rings. The number of hydrogen-bond acceptors (Lipinski definition) is 4. The van der Waals surface area contributed by atoms with Gasteiger partial charge in [0.2, 0.25) is 0 Å². The summed E-state index contributed by atoms with van der Waals surface area (Å²) < 4.78 is 1.46. The standard InChI is InChI=1S/C8H14N4O/c1-8(2,5-9)7(13)6-4-10-11-12(6)3/h4H,5,9H2,1-3H3. The molecular weight excluding hydrogens is 168 g/mol. The van der Waals surface area contributed by atoms with E-state index in [1.165, 1.54) is 10.9 Å². The Morgan fingerprint density at radius 1 is 1.69 bits per heavy atom. The van der Waals surface area contributed by atoms with Crippen molar-refractivity contribution in [3.05, 3.63) is 11.9 Å². The average Bonchev–Trinajstić information content (AvgIpc) is 2.50. The molecular formula is C8H14N4O. The quantitative estimate of drug-likeness (QED) is 0.667. The summed E-state index contributed by atoms with van der Waals surface area (Å²) in [5.74, 6) is -0.0255. The first-order valence-corrected chi connectivity index (χ1v) is 4.08. The normalized spacial score (nSPS) is 11.7. The van der Waals surface area contributed by atoms with Gasteiger partial charge < -0.3 is 5.73 Å². The third-order valence-corrected chi connectivity index (χ3v) is 2.07. The van der Waals surface area contributed by atoms with Crippen LogP contribution in [0.5, 0.6) is 0 Å². The summed E-state index contributed by atoms with van der Waals surface area (Å²) in [6.07, 6.45) is 1.46. The van der Waals surface area contributed by atoms with Gasteiger partial charge in [-0.3, -0.25) is 4.79 Å². The molecule has 2 N–H and O–H groups in total. The second kappa shape index (κ2) is 3.26. The Hall–Kier alpha value is -1.23.